The lowest BCUT2D eigenvalue weighted by Gasteiger charge is -2.41. The summed E-state index contributed by atoms with van der Waals surface area (Å²) < 4.78 is 23.3. The van der Waals surface area contributed by atoms with Crippen molar-refractivity contribution in [2.75, 3.05) is 24.6 Å². The Morgan fingerprint density at radius 3 is 2.35 bits per heavy atom. The van der Waals surface area contributed by atoms with Gasteiger partial charge in [0, 0.05) is 19.1 Å². The summed E-state index contributed by atoms with van der Waals surface area (Å²) in [6.07, 6.45) is 6.11. The number of nitrogens with zero attached hydrogens (tertiary/aromatic N) is 1. The predicted octanol–water partition coefficient (Wildman–Crippen LogP) is 0.931. The molecule has 0 aromatic rings. The number of hydrogen-bond acceptors (Lipinski definition) is 4. The van der Waals surface area contributed by atoms with Crippen molar-refractivity contribution in [2.45, 2.75) is 51.5 Å². The number of amides is 1. The van der Waals surface area contributed by atoms with Gasteiger partial charge in [0.05, 0.1) is 16.9 Å². The third-order valence-electron chi connectivity index (χ3n) is 4.84. The highest BCUT2D eigenvalue weighted by Gasteiger charge is 2.43. The van der Waals surface area contributed by atoms with Crippen molar-refractivity contribution in [3.05, 3.63) is 0 Å². The number of carbonyl (C=O) groups excluding carboxylic acids is 1. The molecule has 5 nitrogen and oxygen atoms in total. The van der Waals surface area contributed by atoms with E-state index in [2.05, 4.69) is 0 Å². The van der Waals surface area contributed by atoms with Crippen molar-refractivity contribution < 1.29 is 13.2 Å². The molecule has 2 aliphatic rings. The summed E-state index contributed by atoms with van der Waals surface area (Å²) in [6.45, 7) is 2.53. The zero-order valence-electron chi connectivity index (χ0n) is 12.3. The normalized spacial score (nSPS) is 29.7. The van der Waals surface area contributed by atoms with Crippen molar-refractivity contribution in [1.29, 1.82) is 0 Å². The van der Waals surface area contributed by atoms with E-state index < -0.39 is 15.3 Å². The molecular formula is C14H26N2O3S. The van der Waals surface area contributed by atoms with Gasteiger partial charge in [0.15, 0.2) is 9.84 Å². The molecule has 0 bridgehead atoms. The summed E-state index contributed by atoms with van der Waals surface area (Å²) in [5, 5.41) is 0. The topological polar surface area (TPSA) is 80.5 Å². The number of nitrogens with two attached hydrogens (primary N) is 1. The monoisotopic (exact) mass is 302 g/mol. The van der Waals surface area contributed by atoms with Crippen molar-refractivity contribution >= 4 is 15.7 Å². The minimum atomic E-state index is -2.99. The lowest BCUT2D eigenvalue weighted by Crippen LogP contribution is -2.56. The van der Waals surface area contributed by atoms with Gasteiger partial charge in [-0.05, 0) is 19.8 Å². The van der Waals surface area contributed by atoms with Crippen LogP contribution >= 0.6 is 0 Å². The van der Waals surface area contributed by atoms with Gasteiger partial charge in [-0.2, -0.15) is 0 Å². The molecule has 0 radical (unpaired) electrons. The van der Waals surface area contributed by atoms with E-state index in [1.54, 1.807) is 4.90 Å². The van der Waals surface area contributed by atoms with Gasteiger partial charge >= 0.3 is 0 Å². The van der Waals surface area contributed by atoms with Crippen LogP contribution in [0.1, 0.15) is 45.4 Å². The van der Waals surface area contributed by atoms with Gasteiger partial charge < -0.3 is 10.6 Å². The van der Waals surface area contributed by atoms with Crippen LogP contribution in [0.3, 0.4) is 0 Å². The first-order valence-corrected chi connectivity index (χ1v) is 9.44. The van der Waals surface area contributed by atoms with E-state index in [0.29, 0.717) is 13.1 Å². The van der Waals surface area contributed by atoms with E-state index >= 15 is 0 Å². The summed E-state index contributed by atoms with van der Waals surface area (Å²) in [5.74, 6) is 0.257. The largest absolute Gasteiger partial charge is 0.337 e. The van der Waals surface area contributed by atoms with Crippen LogP contribution in [0.15, 0.2) is 0 Å². The minimum Gasteiger partial charge on any atom is -0.337 e. The zero-order valence-corrected chi connectivity index (χ0v) is 13.1. The average Bonchev–Trinajstić information content (AvgIpc) is 2.63. The van der Waals surface area contributed by atoms with Crippen LogP contribution in [0.4, 0.5) is 0 Å². The van der Waals surface area contributed by atoms with Crippen LogP contribution in [0.2, 0.25) is 0 Å². The Kier molecular flexibility index (Phi) is 4.74. The van der Waals surface area contributed by atoms with E-state index in [4.69, 9.17) is 5.73 Å². The second-order valence-electron chi connectivity index (χ2n) is 6.36. The molecule has 116 valence electrons. The van der Waals surface area contributed by atoms with Crippen LogP contribution in [0, 0.1) is 5.41 Å². The van der Waals surface area contributed by atoms with Gasteiger partial charge in [0.2, 0.25) is 5.91 Å². The van der Waals surface area contributed by atoms with Crippen LogP contribution in [-0.2, 0) is 14.6 Å². The van der Waals surface area contributed by atoms with Crippen molar-refractivity contribution in [3.63, 3.8) is 0 Å². The SMILES string of the molecule is CC1CS(=O)(=O)CCN1C(=O)C1(CN)CCCCCC1. The molecular weight excluding hydrogens is 276 g/mol. The molecule has 0 aromatic heterocycles. The summed E-state index contributed by atoms with van der Waals surface area (Å²) >= 11 is 0. The highest BCUT2D eigenvalue weighted by molar-refractivity contribution is 7.91. The molecule has 0 spiro atoms. The van der Waals surface area contributed by atoms with Gasteiger partial charge in [-0.25, -0.2) is 8.42 Å². The first-order valence-electron chi connectivity index (χ1n) is 7.62. The van der Waals surface area contributed by atoms with E-state index in [1.807, 2.05) is 6.92 Å². The van der Waals surface area contributed by atoms with E-state index in [-0.39, 0.29) is 23.5 Å². The number of carbonyl (C=O) groups is 1. The van der Waals surface area contributed by atoms with E-state index in [0.717, 1.165) is 25.7 Å². The summed E-state index contributed by atoms with van der Waals surface area (Å²) in [5.41, 5.74) is 5.50. The number of sulfone groups is 1. The quantitative estimate of drug-likeness (QED) is 0.770. The number of hydrogen-bond donors (Lipinski definition) is 1. The Labute approximate surface area is 121 Å². The molecule has 1 unspecified atom stereocenters. The third kappa shape index (κ3) is 3.17. The fourth-order valence-electron chi connectivity index (χ4n) is 3.52. The third-order valence-corrected chi connectivity index (χ3v) is 6.63. The minimum absolute atomic E-state index is 0.0827. The molecule has 1 aliphatic heterocycles. The van der Waals surface area contributed by atoms with Crippen molar-refractivity contribution in [3.8, 4) is 0 Å². The Morgan fingerprint density at radius 2 is 1.85 bits per heavy atom. The molecule has 20 heavy (non-hydrogen) atoms. The van der Waals surface area contributed by atoms with Crippen LogP contribution in [0.5, 0.6) is 0 Å². The standard InChI is InChI=1S/C14H26N2O3S/c1-12-10-20(18,19)9-8-16(12)13(17)14(11-15)6-4-2-3-5-7-14/h12H,2-11,15H2,1H3. The highest BCUT2D eigenvalue weighted by Crippen LogP contribution is 2.37. The van der Waals surface area contributed by atoms with E-state index in [9.17, 15) is 13.2 Å². The molecule has 1 saturated heterocycles. The fraction of sp³-hybridized carbons (Fsp3) is 0.929. The van der Waals surface area contributed by atoms with Gasteiger partial charge in [-0.15, -0.1) is 0 Å². The van der Waals surface area contributed by atoms with Crippen LogP contribution < -0.4 is 5.73 Å². The summed E-state index contributed by atoms with van der Waals surface area (Å²) in [4.78, 5) is 14.7. The Morgan fingerprint density at radius 1 is 1.25 bits per heavy atom. The Bertz CT molecular complexity index is 453. The van der Waals surface area contributed by atoms with Crippen molar-refractivity contribution in [1.82, 2.24) is 4.90 Å². The van der Waals surface area contributed by atoms with E-state index in [1.165, 1.54) is 12.8 Å². The van der Waals surface area contributed by atoms with Gasteiger partial charge in [0.25, 0.3) is 0 Å². The predicted molar refractivity (Wildman–Crippen MR) is 79.0 cm³/mol. The lowest BCUT2D eigenvalue weighted by atomic mass is 9.78. The smallest absolute Gasteiger partial charge is 0.230 e. The average molecular weight is 302 g/mol. The summed E-state index contributed by atoms with van der Waals surface area (Å²) in [6, 6.07) is -0.229. The van der Waals surface area contributed by atoms with Gasteiger partial charge in [-0.1, -0.05) is 25.7 Å². The highest BCUT2D eigenvalue weighted by atomic mass is 32.2. The van der Waals surface area contributed by atoms with Crippen LogP contribution in [-0.4, -0.2) is 49.9 Å². The number of rotatable bonds is 2. The van der Waals surface area contributed by atoms with Crippen LogP contribution in [0.25, 0.3) is 0 Å². The molecule has 6 heteroatoms. The fourth-order valence-corrected chi connectivity index (χ4v) is 5.07. The second-order valence-corrected chi connectivity index (χ2v) is 8.59. The molecule has 1 saturated carbocycles. The maximum Gasteiger partial charge on any atom is 0.230 e. The Balaban J connectivity index is 2.16. The molecule has 2 rings (SSSR count). The van der Waals surface area contributed by atoms with Gasteiger partial charge in [0.1, 0.15) is 0 Å². The first kappa shape index (κ1) is 15.8. The zero-order chi connectivity index (χ0) is 14.8. The summed E-state index contributed by atoms with van der Waals surface area (Å²) in [7, 11) is -2.99. The molecule has 1 heterocycles. The molecule has 1 amide bonds. The molecule has 2 fully saturated rings. The van der Waals surface area contributed by atoms with Gasteiger partial charge in [-0.3, -0.25) is 4.79 Å². The molecule has 0 aromatic carbocycles. The molecule has 1 aliphatic carbocycles. The lowest BCUT2D eigenvalue weighted by molar-refractivity contribution is -0.144. The second kappa shape index (κ2) is 6.02. The maximum atomic E-state index is 12.9. The maximum absolute atomic E-state index is 12.9. The Hall–Kier alpha value is -0.620. The molecule has 2 N–H and O–H groups in total. The molecule has 1 atom stereocenters. The first-order chi connectivity index (χ1) is 9.40. The van der Waals surface area contributed by atoms with Crippen molar-refractivity contribution in [2.24, 2.45) is 11.1 Å².